The molecule has 0 aliphatic carbocycles. The number of nitrogens with one attached hydrogen (secondary N) is 1. The Morgan fingerprint density at radius 1 is 1.30 bits per heavy atom. The van der Waals surface area contributed by atoms with Gasteiger partial charge in [0.25, 0.3) is 0 Å². The van der Waals surface area contributed by atoms with Gasteiger partial charge in [0.15, 0.2) is 5.17 Å². The fraction of sp³-hybridized carbons (Fsp3) is 0.133. The van der Waals surface area contributed by atoms with E-state index in [9.17, 15) is 4.79 Å². The van der Waals surface area contributed by atoms with Gasteiger partial charge >= 0.3 is 0 Å². The average molecular weight is 384 g/mol. The van der Waals surface area contributed by atoms with Gasteiger partial charge in [0.1, 0.15) is 0 Å². The number of hydrogen-bond donors (Lipinski definition) is 1. The third-order valence-corrected chi connectivity index (χ3v) is 5.54. The van der Waals surface area contributed by atoms with Crippen LogP contribution in [0.25, 0.3) is 0 Å². The van der Waals surface area contributed by atoms with Crippen molar-refractivity contribution in [2.24, 2.45) is 10.2 Å². The molecule has 1 aromatic carbocycles. The minimum Gasteiger partial charge on any atom is -0.303 e. The molecule has 1 N–H and O–H groups in total. The first-order valence-corrected chi connectivity index (χ1v) is 9.19. The molecule has 3 rings (SSSR count). The first-order chi connectivity index (χ1) is 11.1. The lowest BCUT2D eigenvalue weighted by Gasteiger charge is -2.07. The molecule has 0 radical (unpaired) electrons. The number of nitrogens with zero attached hydrogens (tertiary/aromatic N) is 2. The van der Waals surface area contributed by atoms with Gasteiger partial charge in [0.05, 0.1) is 11.5 Å². The van der Waals surface area contributed by atoms with E-state index in [1.165, 1.54) is 11.8 Å². The van der Waals surface area contributed by atoms with Crippen molar-refractivity contribution in [3.8, 4) is 0 Å². The highest BCUT2D eigenvalue weighted by molar-refractivity contribution is 8.15. The Labute approximate surface area is 151 Å². The summed E-state index contributed by atoms with van der Waals surface area (Å²) in [5, 5.41) is 14.1. The normalized spacial score (nSPS) is 19.7. The van der Waals surface area contributed by atoms with E-state index in [1.807, 2.05) is 23.6 Å². The maximum absolute atomic E-state index is 12.0. The molecular formula is C15H11Cl2N3OS2. The van der Waals surface area contributed by atoms with Crippen LogP contribution in [0.15, 0.2) is 45.9 Å². The Bertz CT molecular complexity index is 775. The van der Waals surface area contributed by atoms with Crippen molar-refractivity contribution < 1.29 is 4.79 Å². The first kappa shape index (κ1) is 16.5. The molecule has 4 nitrogen and oxygen atoms in total. The number of thiophene rings is 1. The number of hydrogen-bond acceptors (Lipinski definition) is 5. The lowest BCUT2D eigenvalue weighted by molar-refractivity contribution is -0.118. The number of rotatable bonds is 4. The zero-order valence-corrected chi connectivity index (χ0v) is 14.8. The molecule has 1 aliphatic heterocycles. The second-order valence-corrected chi connectivity index (χ2v) is 7.72. The largest absolute Gasteiger partial charge is 0.303 e. The predicted octanol–water partition coefficient (Wildman–Crippen LogP) is 4.22. The third-order valence-electron chi connectivity index (χ3n) is 3.07. The maximum atomic E-state index is 12.0. The molecule has 118 valence electrons. The van der Waals surface area contributed by atoms with Crippen LogP contribution >= 0.6 is 46.3 Å². The van der Waals surface area contributed by atoms with Gasteiger partial charge in [0.2, 0.25) is 5.91 Å². The monoisotopic (exact) mass is 383 g/mol. The molecule has 1 amide bonds. The summed E-state index contributed by atoms with van der Waals surface area (Å²) in [6.07, 6.45) is 2.17. The Balaban J connectivity index is 1.65. The van der Waals surface area contributed by atoms with Gasteiger partial charge < -0.3 is 5.32 Å². The van der Waals surface area contributed by atoms with Crippen molar-refractivity contribution in [3.05, 3.63) is 56.2 Å². The van der Waals surface area contributed by atoms with Gasteiger partial charge in [-0.05, 0) is 35.6 Å². The fourth-order valence-electron chi connectivity index (χ4n) is 1.98. The van der Waals surface area contributed by atoms with Crippen LogP contribution in [-0.2, 0) is 11.2 Å². The lowest BCUT2D eigenvalue weighted by Crippen LogP contribution is -2.26. The van der Waals surface area contributed by atoms with Crippen LogP contribution < -0.4 is 5.32 Å². The minimum absolute atomic E-state index is 0.0916. The Morgan fingerprint density at radius 2 is 2.17 bits per heavy atom. The number of thioether (sulfide) groups is 1. The highest BCUT2D eigenvalue weighted by Gasteiger charge is 2.30. The number of halogens is 2. The van der Waals surface area contributed by atoms with Gasteiger partial charge in [-0.3, -0.25) is 4.79 Å². The van der Waals surface area contributed by atoms with Gasteiger partial charge in [-0.15, -0.1) is 16.4 Å². The summed E-state index contributed by atoms with van der Waals surface area (Å²) in [7, 11) is 0. The molecule has 0 spiro atoms. The third kappa shape index (κ3) is 4.35. The predicted molar refractivity (Wildman–Crippen MR) is 99.0 cm³/mol. The minimum atomic E-state index is -0.274. The Kier molecular flexibility index (Phi) is 5.38. The molecular weight excluding hydrogens is 373 g/mol. The second-order valence-electron chi connectivity index (χ2n) is 4.70. The van der Waals surface area contributed by atoms with Crippen molar-refractivity contribution in [2.75, 3.05) is 0 Å². The van der Waals surface area contributed by atoms with Crippen LogP contribution in [0.2, 0.25) is 10.0 Å². The summed E-state index contributed by atoms with van der Waals surface area (Å²) < 4.78 is 0. The van der Waals surface area contributed by atoms with Crippen LogP contribution in [0.5, 0.6) is 0 Å². The van der Waals surface area contributed by atoms with E-state index >= 15 is 0 Å². The van der Waals surface area contributed by atoms with Gasteiger partial charge in [0, 0.05) is 14.9 Å². The standard InChI is InChI=1S/C15H11Cl2N3OS2/c16-10-4-3-9(12(17)7-10)6-13-14(21)19-15(23-13)20-18-8-11-2-1-5-22-11/h1-5,7-8,13H,6H2,(H,19,20,21)/t13-/m0/s1. The topological polar surface area (TPSA) is 53.8 Å². The van der Waals surface area contributed by atoms with Gasteiger partial charge in [-0.25, -0.2) is 0 Å². The van der Waals surface area contributed by atoms with E-state index in [4.69, 9.17) is 23.2 Å². The SMILES string of the molecule is O=C1NC(=NN=Cc2cccs2)S[C@H]1Cc1ccc(Cl)cc1Cl. The van der Waals surface area contributed by atoms with Crippen LogP contribution in [0.1, 0.15) is 10.4 Å². The summed E-state index contributed by atoms with van der Waals surface area (Å²) in [6, 6.07) is 9.16. The quantitative estimate of drug-likeness (QED) is 0.634. The number of amidine groups is 1. The smallest absolute Gasteiger partial charge is 0.239 e. The van der Waals surface area contributed by atoms with E-state index in [2.05, 4.69) is 15.5 Å². The summed E-state index contributed by atoms with van der Waals surface area (Å²) in [4.78, 5) is 13.0. The Morgan fingerprint density at radius 3 is 2.91 bits per heavy atom. The molecule has 2 heterocycles. The number of carbonyl (C=O) groups excluding carboxylic acids is 1. The van der Waals surface area contributed by atoms with Crippen LogP contribution in [0.4, 0.5) is 0 Å². The van der Waals surface area contributed by atoms with Crippen molar-refractivity contribution in [1.82, 2.24) is 5.32 Å². The zero-order valence-electron chi connectivity index (χ0n) is 11.7. The van der Waals surface area contributed by atoms with E-state index in [-0.39, 0.29) is 11.2 Å². The molecule has 0 saturated carbocycles. The van der Waals surface area contributed by atoms with Crippen LogP contribution in [0.3, 0.4) is 0 Å². The van der Waals surface area contributed by atoms with Gasteiger partial charge in [-0.1, -0.05) is 47.1 Å². The fourth-order valence-corrected chi connectivity index (χ4v) is 3.99. The van der Waals surface area contributed by atoms with Crippen molar-refractivity contribution in [1.29, 1.82) is 0 Å². The molecule has 1 aliphatic rings. The molecule has 23 heavy (non-hydrogen) atoms. The molecule has 8 heteroatoms. The first-order valence-electron chi connectivity index (χ1n) is 6.68. The van der Waals surface area contributed by atoms with Crippen molar-refractivity contribution >= 4 is 63.6 Å². The summed E-state index contributed by atoms with van der Waals surface area (Å²) in [5.74, 6) is -0.0916. The molecule has 1 aromatic heterocycles. The number of benzene rings is 1. The maximum Gasteiger partial charge on any atom is 0.239 e. The Hall–Kier alpha value is -1.34. The summed E-state index contributed by atoms with van der Waals surface area (Å²) in [6.45, 7) is 0. The summed E-state index contributed by atoms with van der Waals surface area (Å²) in [5.41, 5.74) is 0.882. The average Bonchev–Trinajstić information content (AvgIpc) is 3.13. The van der Waals surface area contributed by atoms with E-state index in [1.54, 1.807) is 29.7 Å². The van der Waals surface area contributed by atoms with E-state index in [0.717, 1.165) is 10.4 Å². The number of amides is 1. The summed E-state index contributed by atoms with van der Waals surface area (Å²) >= 11 is 15.0. The molecule has 1 atom stereocenters. The van der Waals surface area contributed by atoms with Crippen LogP contribution in [-0.4, -0.2) is 22.5 Å². The lowest BCUT2D eigenvalue weighted by atomic mass is 10.1. The molecule has 0 unspecified atom stereocenters. The molecule has 1 saturated heterocycles. The second kappa shape index (κ2) is 7.49. The van der Waals surface area contributed by atoms with Crippen molar-refractivity contribution in [2.45, 2.75) is 11.7 Å². The van der Waals surface area contributed by atoms with E-state index < -0.39 is 0 Å². The van der Waals surface area contributed by atoms with Crippen molar-refractivity contribution in [3.63, 3.8) is 0 Å². The molecule has 1 fully saturated rings. The van der Waals surface area contributed by atoms with Crippen LogP contribution in [0, 0.1) is 0 Å². The highest BCUT2D eigenvalue weighted by Crippen LogP contribution is 2.28. The highest BCUT2D eigenvalue weighted by atomic mass is 35.5. The molecule has 0 bridgehead atoms. The number of carbonyl (C=O) groups is 1. The zero-order chi connectivity index (χ0) is 16.2. The van der Waals surface area contributed by atoms with E-state index in [0.29, 0.717) is 21.6 Å². The van der Waals surface area contributed by atoms with Gasteiger partial charge in [-0.2, -0.15) is 5.10 Å². The molecule has 2 aromatic rings.